The Bertz CT molecular complexity index is 357. The van der Waals surface area contributed by atoms with Crippen LogP contribution in [0, 0.1) is 12.9 Å². The molecule has 0 aliphatic carbocycles. The second-order valence-corrected chi connectivity index (χ2v) is 2.98. The first-order valence-corrected chi connectivity index (χ1v) is 4.13. The van der Waals surface area contributed by atoms with E-state index in [0.29, 0.717) is 5.69 Å². The summed E-state index contributed by atoms with van der Waals surface area (Å²) in [6.45, 7) is 1.60. The highest BCUT2D eigenvalue weighted by Gasteiger charge is 2.17. The van der Waals surface area contributed by atoms with Crippen LogP contribution in [0.25, 0.3) is 0 Å². The molecule has 0 radical (unpaired) electrons. The Kier molecular flexibility index (Phi) is 2.92. The average molecular weight is 249 g/mol. The molecule has 1 aromatic rings. The van der Waals surface area contributed by atoms with Crippen LogP contribution in [0.1, 0.15) is 16.2 Å². The smallest absolute Gasteiger partial charge is 0.361 e. The molecule has 1 aromatic heterocycles. The molecule has 4 nitrogen and oxygen atoms in total. The number of ether oxygens (including phenoxy) is 1. The Hall–Kier alpha value is -1.04. The fourth-order valence-corrected chi connectivity index (χ4v) is 0.951. The lowest BCUT2D eigenvalue weighted by atomic mass is 10.4. The number of aromatic nitrogens is 2. The minimum atomic E-state index is -0.940. The Labute approximate surface area is 82.3 Å². The van der Waals surface area contributed by atoms with Crippen LogP contribution in [0.15, 0.2) is 4.60 Å². The van der Waals surface area contributed by atoms with Crippen LogP contribution in [-0.2, 0) is 4.74 Å². The molecule has 0 amide bonds. The second kappa shape index (κ2) is 3.78. The fourth-order valence-electron chi connectivity index (χ4n) is 0.707. The van der Waals surface area contributed by atoms with Crippen molar-refractivity contribution >= 4 is 21.9 Å². The Morgan fingerprint density at radius 3 is 2.69 bits per heavy atom. The number of methoxy groups -OCH3 is 1. The van der Waals surface area contributed by atoms with Crippen molar-refractivity contribution in [3.05, 3.63) is 21.9 Å². The maximum Gasteiger partial charge on any atom is 0.361 e. The van der Waals surface area contributed by atoms with Gasteiger partial charge in [0.2, 0.25) is 11.6 Å². The normalized spacial score (nSPS) is 9.85. The molecular weight excluding hydrogens is 243 g/mol. The van der Waals surface area contributed by atoms with Gasteiger partial charge in [0.15, 0.2) is 0 Å². The van der Waals surface area contributed by atoms with Gasteiger partial charge >= 0.3 is 5.97 Å². The van der Waals surface area contributed by atoms with Gasteiger partial charge in [0, 0.05) is 0 Å². The number of halogens is 2. The number of carbonyl (C=O) groups is 1. The quantitative estimate of drug-likeness (QED) is 0.707. The van der Waals surface area contributed by atoms with Crippen LogP contribution < -0.4 is 0 Å². The summed E-state index contributed by atoms with van der Waals surface area (Å²) in [6, 6.07) is 0. The van der Waals surface area contributed by atoms with Crippen molar-refractivity contribution in [1.82, 2.24) is 9.97 Å². The highest BCUT2D eigenvalue weighted by atomic mass is 79.9. The Morgan fingerprint density at radius 1 is 1.54 bits per heavy atom. The van der Waals surface area contributed by atoms with Crippen molar-refractivity contribution in [3.63, 3.8) is 0 Å². The summed E-state index contributed by atoms with van der Waals surface area (Å²) in [4.78, 5) is 18.0. The van der Waals surface area contributed by atoms with E-state index in [0.717, 1.165) is 7.11 Å². The SMILES string of the molecule is COC(=O)c1nc(C)c(Br)nc1F. The summed E-state index contributed by atoms with van der Waals surface area (Å²) in [5, 5.41) is 0. The van der Waals surface area contributed by atoms with E-state index in [2.05, 4.69) is 30.6 Å². The number of esters is 1. The minimum absolute atomic E-state index is 0.276. The monoisotopic (exact) mass is 248 g/mol. The van der Waals surface area contributed by atoms with Gasteiger partial charge in [-0.3, -0.25) is 0 Å². The number of aryl methyl sites for hydroxylation is 1. The zero-order chi connectivity index (χ0) is 10.0. The number of hydrogen-bond donors (Lipinski definition) is 0. The summed E-state index contributed by atoms with van der Waals surface area (Å²) in [6.07, 6.45) is 0. The molecular formula is C7H6BrFN2O2. The maximum atomic E-state index is 13.0. The van der Waals surface area contributed by atoms with Crippen LogP contribution in [0.2, 0.25) is 0 Å². The van der Waals surface area contributed by atoms with Gasteiger partial charge in [-0.25, -0.2) is 14.8 Å². The van der Waals surface area contributed by atoms with Gasteiger partial charge in [-0.05, 0) is 22.9 Å². The Balaban J connectivity index is 3.23. The van der Waals surface area contributed by atoms with E-state index in [4.69, 9.17) is 0 Å². The molecule has 0 spiro atoms. The summed E-state index contributed by atoms with van der Waals surface area (Å²) >= 11 is 2.99. The molecule has 0 atom stereocenters. The highest BCUT2D eigenvalue weighted by Crippen LogP contribution is 2.13. The van der Waals surface area contributed by atoms with Crippen molar-refractivity contribution in [3.8, 4) is 0 Å². The third-order valence-corrected chi connectivity index (χ3v) is 2.10. The molecule has 0 N–H and O–H groups in total. The predicted molar refractivity (Wildman–Crippen MR) is 45.8 cm³/mol. The van der Waals surface area contributed by atoms with E-state index >= 15 is 0 Å². The molecule has 0 bridgehead atoms. The molecule has 1 heterocycles. The summed E-state index contributed by atoms with van der Waals surface area (Å²) < 4.78 is 17.6. The van der Waals surface area contributed by atoms with Gasteiger partial charge in [-0.1, -0.05) is 0 Å². The van der Waals surface area contributed by atoms with Gasteiger partial charge in [0.05, 0.1) is 12.8 Å². The number of rotatable bonds is 1. The van der Waals surface area contributed by atoms with Gasteiger partial charge in [-0.2, -0.15) is 4.39 Å². The maximum absolute atomic E-state index is 13.0. The second-order valence-electron chi connectivity index (χ2n) is 2.23. The summed E-state index contributed by atoms with van der Waals surface area (Å²) in [5.74, 6) is -1.77. The molecule has 70 valence electrons. The van der Waals surface area contributed by atoms with Crippen LogP contribution in [0.4, 0.5) is 4.39 Å². The molecule has 0 aliphatic rings. The van der Waals surface area contributed by atoms with Crippen molar-refractivity contribution in [2.24, 2.45) is 0 Å². The van der Waals surface area contributed by atoms with Crippen LogP contribution >= 0.6 is 15.9 Å². The molecule has 0 fully saturated rings. The lowest BCUT2D eigenvalue weighted by molar-refractivity contribution is 0.0586. The molecule has 1 rings (SSSR count). The first kappa shape index (κ1) is 10.0. The van der Waals surface area contributed by atoms with E-state index in [-0.39, 0.29) is 4.60 Å². The first-order valence-electron chi connectivity index (χ1n) is 3.34. The molecule has 0 aliphatic heterocycles. The van der Waals surface area contributed by atoms with Crippen molar-refractivity contribution in [2.75, 3.05) is 7.11 Å². The number of hydrogen-bond acceptors (Lipinski definition) is 4. The minimum Gasteiger partial charge on any atom is -0.464 e. The third kappa shape index (κ3) is 2.00. The van der Waals surface area contributed by atoms with E-state index in [1.165, 1.54) is 0 Å². The van der Waals surface area contributed by atoms with Crippen molar-refractivity contribution < 1.29 is 13.9 Å². The lowest BCUT2D eigenvalue weighted by Crippen LogP contribution is -2.10. The average Bonchev–Trinajstić information content (AvgIpc) is 2.10. The highest BCUT2D eigenvalue weighted by molar-refractivity contribution is 9.10. The molecule has 0 saturated carbocycles. The summed E-state index contributed by atoms with van der Waals surface area (Å²) in [7, 11) is 1.15. The van der Waals surface area contributed by atoms with Gasteiger partial charge in [0.25, 0.3) is 0 Å². The van der Waals surface area contributed by atoms with E-state index in [9.17, 15) is 9.18 Å². The zero-order valence-electron chi connectivity index (χ0n) is 6.97. The number of carbonyl (C=O) groups excluding carboxylic acids is 1. The fraction of sp³-hybridized carbons (Fsp3) is 0.286. The summed E-state index contributed by atoms with van der Waals surface area (Å²) in [5.41, 5.74) is 0.0324. The lowest BCUT2D eigenvalue weighted by Gasteiger charge is -2.01. The van der Waals surface area contributed by atoms with E-state index in [1.54, 1.807) is 6.92 Å². The molecule has 13 heavy (non-hydrogen) atoms. The van der Waals surface area contributed by atoms with E-state index in [1.807, 2.05) is 0 Å². The molecule has 6 heteroatoms. The largest absolute Gasteiger partial charge is 0.464 e. The van der Waals surface area contributed by atoms with Gasteiger partial charge in [0.1, 0.15) is 4.60 Å². The molecule has 0 saturated heterocycles. The molecule has 0 aromatic carbocycles. The van der Waals surface area contributed by atoms with Crippen LogP contribution in [-0.4, -0.2) is 23.0 Å². The number of nitrogens with zero attached hydrogens (tertiary/aromatic N) is 2. The standard InChI is InChI=1S/C7H6BrFN2O2/c1-3-5(8)11-6(9)4(10-3)7(12)13-2/h1-2H3. The van der Waals surface area contributed by atoms with Crippen LogP contribution in [0.5, 0.6) is 0 Å². The van der Waals surface area contributed by atoms with Crippen molar-refractivity contribution in [1.29, 1.82) is 0 Å². The predicted octanol–water partition coefficient (Wildman–Crippen LogP) is 1.47. The van der Waals surface area contributed by atoms with Crippen LogP contribution in [0.3, 0.4) is 0 Å². The van der Waals surface area contributed by atoms with Gasteiger partial charge < -0.3 is 4.74 Å². The third-order valence-electron chi connectivity index (χ3n) is 1.35. The van der Waals surface area contributed by atoms with E-state index < -0.39 is 17.6 Å². The molecule has 0 unspecified atom stereocenters. The van der Waals surface area contributed by atoms with Crippen molar-refractivity contribution in [2.45, 2.75) is 6.92 Å². The van der Waals surface area contributed by atoms with Gasteiger partial charge in [-0.15, -0.1) is 0 Å². The Morgan fingerprint density at radius 2 is 2.15 bits per heavy atom. The zero-order valence-corrected chi connectivity index (χ0v) is 8.55. The topological polar surface area (TPSA) is 52.1 Å². The first-order chi connectivity index (χ1) is 6.06.